The molecule has 0 bridgehead atoms. The normalized spacial score (nSPS) is 25.0. The van der Waals surface area contributed by atoms with Gasteiger partial charge in [0.2, 0.25) is 0 Å². The first kappa shape index (κ1) is 12.9. The Kier molecular flexibility index (Phi) is 4.07. The van der Waals surface area contributed by atoms with Crippen LogP contribution in [0.5, 0.6) is 0 Å². The lowest BCUT2D eigenvalue weighted by molar-refractivity contribution is 0.149. The largest absolute Gasteiger partial charge is 0.394 e. The van der Waals surface area contributed by atoms with E-state index in [0.29, 0.717) is 0 Å². The van der Waals surface area contributed by atoms with Crippen molar-refractivity contribution in [3.8, 4) is 0 Å². The number of likely N-dealkylation sites (N-methyl/N-ethyl adjacent to an activating group) is 1. The van der Waals surface area contributed by atoms with Crippen LogP contribution in [-0.2, 0) is 0 Å². The van der Waals surface area contributed by atoms with Crippen molar-refractivity contribution in [2.24, 2.45) is 0 Å². The van der Waals surface area contributed by atoms with Crippen LogP contribution in [0.3, 0.4) is 0 Å². The van der Waals surface area contributed by atoms with Gasteiger partial charge in [-0.2, -0.15) is 0 Å². The number of piperidine rings is 1. The number of aliphatic hydroxyl groups excluding tert-OH is 1. The summed E-state index contributed by atoms with van der Waals surface area (Å²) >= 11 is 3.45. The van der Waals surface area contributed by atoms with Gasteiger partial charge < -0.3 is 15.3 Å². The van der Waals surface area contributed by atoms with Gasteiger partial charge >= 0.3 is 0 Å². The molecule has 2 N–H and O–H groups in total. The lowest BCUT2D eigenvalue weighted by Crippen LogP contribution is -2.58. The predicted octanol–water partition coefficient (Wildman–Crippen LogP) is 2.00. The monoisotopic (exact) mass is 298 g/mol. The summed E-state index contributed by atoms with van der Waals surface area (Å²) in [5.74, 6) is 0. The lowest BCUT2D eigenvalue weighted by Gasteiger charge is -2.42. The van der Waals surface area contributed by atoms with Gasteiger partial charge in [-0.1, -0.05) is 15.9 Å². The molecular formula is C13H19BrN2O. The second kappa shape index (κ2) is 5.38. The van der Waals surface area contributed by atoms with Gasteiger partial charge in [-0.3, -0.25) is 0 Å². The Morgan fingerprint density at radius 1 is 1.41 bits per heavy atom. The van der Waals surface area contributed by atoms with Crippen molar-refractivity contribution >= 4 is 21.6 Å². The third-order valence-electron chi connectivity index (χ3n) is 3.60. The number of aliphatic hydroxyl groups is 1. The van der Waals surface area contributed by atoms with E-state index in [2.05, 4.69) is 50.4 Å². The summed E-state index contributed by atoms with van der Waals surface area (Å²) in [5.41, 5.74) is 1.08. The Morgan fingerprint density at radius 3 is 2.71 bits per heavy atom. The molecule has 0 saturated carbocycles. The van der Waals surface area contributed by atoms with Crippen molar-refractivity contribution in [1.29, 1.82) is 0 Å². The van der Waals surface area contributed by atoms with Crippen molar-refractivity contribution in [2.45, 2.75) is 18.4 Å². The van der Waals surface area contributed by atoms with E-state index in [1.807, 2.05) is 7.05 Å². The molecule has 2 rings (SSSR count). The number of hydrogen-bond acceptors (Lipinski definition) is 3. The van der Waals surface area contributed by atoms with E-state index >= 15 is 0 Å². The third kappa shape index (κ3) is 2.81. The molecule has 1 aliphatic heterocycles. The zero-order valence-corrected chi connectivity index (χ0v) is 11.7. The van der Waals surface area contributed by atoms with E-state index in [4.69, 9.17) is 0 Å². The number of anilines is 1. The molecule has 0 aromatic heterocycles. The van der Waals surface area contributed by atoms with Gasteiger partial charge in [0.1, 0.15) is 0 Å². The summed E-state index contributed by atoms with van der Waals surface area (Å²) in [7, 11) is 1.93. The zero-order valence-electron chi connectivity index (χ0n) is 10.1. The number of rotatable bonds is 3. The lowest BCUT2D eigenvalue weighted by atomic mass is 9.89. The van der Waals surface area contributed by atoms with E-state index in [-0.39, 0.29) is 12.1 Å². The van der Waals surface area contributed by atoms with Crippen LogP contribution in [0.4, 0.5) is 5.69 Å². The quantitative estimate of drug-likeness (QED) is 0.896. The predicted molar refractivity (Wildman–Crippen MR) is 74.5 cm³/mol. The smallest absolute Gasteiger partial charge is 0.0630 e. The maximum absolute atomic E-state index is 9.55. The Balaban J connectivity index is 2.14. The summed E-state index contributed by atoms with van der Waals surface area (Å²) in [6.07, 6.45) is 2.14. The fourth-order valence-electron chi connectivity index (χ4n) is 2.42. The third-order valence-corrected chi connectivity index (χ3v) is 4.13. The van der Waals surface area contributed by atoms with Crippen molar-refractivity contribution in [1.82, 2.24) is 5.32 Å². The fraction of sp³-hybridized carbons (Fsp3) is 0.538. The van der Waals surface area contributed by atoms with E-state index in [1.54, 1.807) is 0 Å². The first-order valence-corrected chi connectivity index (χ1v) is 6.79. The molecule has 4 heteroatoms. The molecule has 1 aromatic rings. The molecule has 1 fully saturated rings. The second-order valence-electron chi connectivity index (χ2n) is 4.69. The van der Waals surface area contributed by atoms with Crippen LogP contribution in [0.25, 0.3) is 0 Å². The molecule has 1 aromatic carbocycles. The summed E-state index contributed by atoms with van der Waals surface area (Å²) in [5, 5.41) is 12.8. The standard InChI is InChI=1S/C13H19BrN2O/c1-15-13(10-17)7-2-8-16(9-13)12-5-3-11(14)4-6-12/h3-6,15,17H,2,7-10H2,1H3. The van der Waals surface area contributed by atoms with Gasteiger partial charge in [0.25, 0.3) is 0 Å². The van der Waals surface area contributed by atoms with Crippen LogP contribution < -0.4 is 10.2 Å². The SMILES string of the molecule is CNC1(CO)CCCN(c2ccc(Br)cc2)C1. The first-order chi connectivity index (χ1) is 8.19. The van der Waals surface area contributed by atoms with Crippen molar-refractivity contribution in [3.63, 3.8) is 0 Å². The van der Waals surface area contributed by atoms with E-state index in [0.717, 1.165) is 30.4 Å². The summed E-state index contributed by atoms with van der Waals surface area (Å²) in [4.78, 5) is 2.34. The molecule has 0 amide bonds. The van der Waals surface area contributed by atoms with Crippen LogP contribution in [-0.4, -0.2) is 37.4 Å². The van der Waals surface area contributed by atoms with Gasteiger partial charge in [0.05, 0.1) is 12.1 Å². The Morgan fingerprint density at radius 2 is 2.12 bits per heavy atom. The molecule has 3 nitrogen and oxygen atoms in total. The van der Waals surface area contributed by atoms with Gasteiger partial charge in [0.15, 0.2) is 0 Å². The van der Waals surface area contributed by atoms with Crippen LogP contribution >= 0.6 is 15.9 Å². The Hall–Kier alpha value is -0.580. The minimum Gasteiger partial charge on any atom is -0.394 e. The van der Waals surface area contributed by atoms with Crippen LogP contribution in [0.2, 0.25) is 0 Å². The first-order valence-electron chi connectivity index (χ1n) is 5.99. The molecule has 1 heterocycles. The number of benzene rings is 1. The van der Waals surface area contributed by atoms with Crippen LogP contribution in [0, 0.1) is 0 Å². The molecule has 17 heavy (non-hydrogen) atoms. The number of hydrogen-bond donors (Lipinski definition) is 2. The molecule has 1 aliphatic rings. The average molecular weight is 299 g/mol. The maximum Gasteiger partial charge on any atom is 0.0630 e. The van der Waals surface area contributed by atoms with E-state index in [1.165, 1.54) is 5.69 Å². The molecule has 1 atom stereocenters. The molecule has 0 radical (unpaired) electrons. The Labute approximate surface area is 111 Å². The van der Waals surface area contributed by atoms with Crippen molar-refractivity contribution < 1.29 is 5.11 Å². The summed E-state index contributed by atoms with van der Waals surface area (Å²) < 4.78 is 1.10. The molecule has 1 unspecified atom stereocenters. The highest BCUT2D eigenvalue weighted by atomic mass is 79.9. The second-order valence-corrected chi connectivity index (χ2v) is 5.61. The molecule has 0 aliphatic carbocycles. The molecule has 1 saturated heterocycles. The number of nitrogens with one attached hydrogen (secondary N) is 1. The number of halogens is 1. The molecule has 0 spiro atoms. The number of nitrogens with zero attached hydrogens (tertiary/aromatic N) is 1. The minimum atomic E-state index is -0.147. The topological polar surface area (TPSA) is 35.5 Å². The molecular weight excluding hydrogens is 280 g/mol. The highest BCUT2D eigenvalue weighted by Gasteiger charge is 2.33. The van der Waals surface area contributed by atoms with Crippen molar-refractivity contribution in [2.75, 3.05) is 31.6 Å². The van der Waals surface area contributed by atoms with Crippen molar-refractivity contribution in [3.05, 3.63) is 28.7 Å². The summed E-state index contributed by atoms with van der Waals surface area (Å²) in [6, 6.07) is 8.36. The van der Waals surface area contributed by atoms with Gasteiger partial charge in [-0.25, -0.2) is 0 Å². The highest BCUT2D eigenvalue weighted by Crippen LogP contribution is 2.26. The minimum absolute atomic E-state index is 0.147. The average Bonchev–Trinajstić information content (AvgIpc) is 2.39. The van der Waals surface area contributed by atoms with Gasteiger partial charge in [0, 0.05) is 23.2 Å². The van der Waals surface area contributed by atoms with Gasteiger partial charge in [-0.05, 0) is 44.2 Å². The maximum atomic E-state index is 9.55. The van der Waals surface area contributed by atoms with Crippen LogP contribution in [0.15, 0.2) is 28.7 Å². The zero-order chi connectivity index (χ0) is 12.3. The van der Waals surface area contributed by atoms with Crippen LogP contribution in [0.1, 0.15) is 12.8 Å². The summed E-state index contributed by atoms with van der Waals surface area (Å²) in [6.45, 7) is 2.11. The fourth-order valence-corrected chi connectivity index (χ4v) is 2.68. The highest BCUT2D eigenvalue weighted by molar-refractivity contribution is 9.10. The molecule has 94 valence electrons. The van der Waals surface area contributed by atoms with Gasteiger partial charge in [-0.15, -0.1) is 0 Å². The Bertz CT molecular complexity index is 362. The van der Waals surface area contributed by atoms with E-state index < -0.39 is 0 Å². The van der Waals surface area contributed by atoms with E-state index in [9.17, 15) is 5.11 Å².